The highest BCUT2D eigenvalue weighted by Gasteiger charge is 2.12. The number of para-hydroxylation sites is 1. The molecule has 0 unspecified atom stereocenters. The van der Waals surface area contributed by atoms with E-state index in [0.717, 1.165) is 20.3 Å². The first-order chi connectivity index (χ1) is 14.5. The van der Waals surface area contributed by atoms with Gasteiger partial charge in [0.25, 0.3) is 5.91 Å². The van der Waals surface area contributed by atoms with Gasteiger partial charge in [0.1, 0.15) is 24.0 Å². The predicted octanol–water partition coefficient (Wildman–Crippen LogP) is 6.03. The van der Waals surface area contributed by atoms with Crippen molar-refractivity contribution in [3.63, 3.8) is 0 Å². The lowest BCUT2D eigenvalue weighted by Gasteiger charge is -2.11. The molecule has 1 N–H and O–H groups in total. The molecule has 0 spiro atoms. The highest BCUT2D eigenvalue weighted by atomic mass is 127. The third-order valence-electron chi connectivity index (χ3n) is 4.53. The number of nitrogens with zero attached hydrogens (tertiary/aromatic N) is 1. The minimum Gasteiger partial charge on any atom is -0.488 e. The van der Waals surface area contributed by atoms with E-state index in [9.17, 15) is 10.1 Å². The Morgan fingerprint density at radius 2 is 1.83 bits per heavy atom. The summed E-state index contributed by atoms with van der Waals surface area (Å²) in [5.74, 6) is 0.168. The van der Waals surface area contributed by atoms with Gasteiger partial charge in [-0.25, -0.2) is 0 Å². The average Bonchev–Trinajstić information content (AvgIpc) is 2.74. The maximum Gasteiger partial charge on any atom is 0.266 e. The van der Waals surface area contributed by atoms with Gasteiger partial charge in [0, 0.05) is 14.8 Å². The standard InChI is InChI=1S/C25H21IN2O2/c1-17-7-8-18(2)23(13-17)28-25(29)21(15-27)14-20-5-3-4-6-24(20)30-16-19-9-11-22(26)12-10-19/h3-14H,16H2,1-2H3,(H,28,29)/b21-14+. The van der Waals surface area contributed by atoms with E-state index in [0.29, 0.717) is 23.6 Å². The van der Waals surface area contributed by atoms with Crippen LogP contribution in [-0.2, 0) is 11.4 Å². The number of ether oxygens (including phenoxy) is 1. The zero-order valence-electron chi connectivity index (χ0n) is 16.8. The van der Waals surface area contributed by atoms with Gasteiger partial charge in [0.2, 0.25) is 0 Å². The fourth-order valence-corrected chi connectivity index (χ4v) is 3.20. The Morgan fingerprint density at radius 3 is 2.57 bits per heavy atom. The number of anilines is 1. The van der Waals surface area contributed by atoms with Crippen LogP contribution in [0.5, 0.6) is 5.75 Å². The number of halogens is 1. The molecule has 3 rings (SSSR count). The minimum atomic E-state index is -0.446. The van der Waals surface area contributed by atoms with Crippen LogP contribution in [0.2, 0.25) is 0 Å². The van der Waals surface area contributed by atoms with Crippen LogP contribution in [0.1, 0.15) is 22.3 Å². The molecule has 5 heteroatoms. The summed E-state index contributed by atoms with van der Waals surface area (Å²) in [5.41, 5.74) is 4.41. The SMILES string of the molecule is Cc1ccc(C)c(NC(=O)/C(C#N)=C/c2ccccc2OCc2ccc(I)cc2)c1. The van der Waals surface area contributed by atoms with Crippen molar-refractivity contribution < 1.29 is 9.53 Å². The molecule has 0 aliphatic heterocycles. The number of carbonyl (C=O) groups is 1. The number of rotatable bonds is 6. The van der Waals surface area contributed by atoms with E-state index in [1.807, 2.05) is 86.6 Å². The van der Waals surface area contributed by atoms with Crippen molar-refractivity contribution in [2.45, 2.75) is 20.5 Å². The van der Waals surface area contributed by atoms with Gasteiger partial charge >= 0.3 is 0 Å². The minimum absolute atomic E-state index is 0.0150. The monoisotopic (exact) mass is 508 g/mol. The van der Waals surface area contributed by atoms with Crippen LogP contribution in [0.3, 0.4) is 0 Å². The summed E-state index contributed by atoms with van der Waals surface area (Å²) >= 11 is 2.26. The van der Waals surface area contributed by atoms with Crippen LogP contribution in [0.25, 0.3) is 6.08 Å². The molecule has 4 nitrogen and oxygen atoms in total. The van der Waals surface area contributed by atoms with Crippen LogP contribution in [0, 0.1) is 28.7 Å². The van der Waals surface area contributed by atoms with Gasteiger partial charge < -0.3 is 10.1 Å². The molecule has 1 amide bonds. The number of nitriles is 1. The van der Waals surface area contributed by atoms with Crippen LogP contribution in [0.4, 0.5) is 5.69 Å². The van der Waals surface area contributed by atoms with Crippen molar-refractivity contribution >= 4 is 40.3 Å². The van der Waals surface area contributed by atoms with Crippen LogP contribution >= 0.6 is 22.6 Å². The van der Waals surface area contributed by atoms with Crippen LogP contribution in [-0.4, -0.2) is 5.91 Å². The number of hydrogen-bond acceptors (Lipinski definition) is 3. The second-order valence-electron chi connectivity index (χ2n) is 6.90. The molecular formula is C25H21IN2O2. The molecule has 0 atom stereocenters. The number of benzene rings is 3. The van der Waals surface area contributed by atoms with E-state index in [2.05, 4.69) is 27.9 Å². The molecule has 0 saturated carbocycles. The summed E-state index contributed by atoms with van der Waals surface area (Å²) in [4.78, 5) is 12.7. The van der Waals surface area contributed by atoms with E-state index >= 15 is 0 Å². The quantitative estimate of drug-likeness (QED) is 0.251. The molecule has 150 valence electrons. The summed E-state index contributed by atoms with van der Waals surface area (Å²) < 4.78 is 7.11. The van der Waals surface area contributed by atoms with Gasteiger partial charge in [0.15, 0.2) is 0 Å². The Morgan fingerprint density at radius 1 is 1.10 bits per heavy atom. The fourth-order valence-electron chi connectivity index (χ4n) is 2.84. The molecule has 0 aromatic heterocycles. The van der Waals surface area contributed by atoms with Gasteiger partial charge in [-0.3, -0.25) is 4.79 Å². The Hall–Kier alpha value is -3.11. The van der Waals surface area contributed by atoms with Crippen molar-refractivity contribution in [3.05, 3.63) is 98.1 Å². The van der Waals surface area contributed by atoms with E-state index in [-0.39, 0.29) is 5.57 Å². The zero-order chi connectivity index (χ0) is 21.5. The van der Waals surface area contributed by atoms with Crippen molar-refractivity contribution in [2.24, 2.45) is 0 Å². The first-order valence-electron chi connectivity index (χ1n) is 9.43. The van der Waals surface area contributed by atoms with Gasteiger partial charge in [0.05, 0.1) is 0 Å². The lowest BCUT2D eigenvalue weighted by molar-refractivity contribution is -0.112. The number of amides is 1. The molecule has 0 aliphatic carbocycles. The fraction of sp³-hybridized carbons (Fsp3) is 0.120. The summed E-state index contributed by atoms with van der Waals surface area (Å²) in [6.45, 7) is 4.27. The lowest BCUT2D eigenvalue weighted by Crippen LogP contribution is -2.14. The van der Waals surface area contributed by atoms with Gasteiger partial charge in [-0.1, -0.05) is 42.5 Å². The average molecular weight is 508 g/mol. The van der Waals surface area contributed by atoms with Crippen LogP contribution in [0.15, 0.2) is 72.3 Å². The summed E-state index contributed by atoms with van der Waals surface area (Å²) in [7, 11) is 0. The van der Waals surface area contributed by atoms with E-state index in [1.165, 1.54) is 0 Å². The van der Waals surface area contributed by atoms with Crippen molar-refractivity contribution in [1.29, 1.82) is 5.26 Å². The topological polar surface area (TPSA) is 62.1 Å². The number of aryl methyl sites for hydroxylation is 2. The third kappa shape index (κ3) is 5.71. The maximum atomic E-state index is 12.7. The molecule has 3 aromatic carbocycles. The number of nitrogens with one attached hydrogen (secondary N) is 1. The van der Waals surface area contributed by atoms with E-state index in [4.69, 9.17) is 4.74 Å². The molecule has 0 heterocycles. The second kappa shape index (κ2) is 10.1. The first kappa shape index (κ1) is 21.6. The number of hydrogen-bond donors (Lipinski definition) is 1. The lowest BCUT2D eigenvalue weighted by atomic mass is 10.1. The molecular weight excluding hydrogens is 487 g/mol. The molecule has 0 fully saturated rings. The highest BCUT2D eigenvalue weighted by Crippen LogP contribution is 2.23. The Balaban J connectivity index is 1.80. The summed E-state index contributed by atoms with van der Waals surface area (Å²) in [5, 5.41) is 12.4. The first-order valence-corrected chi connectivity index (χ1v) is 10.5. The largest absolute Gasteiger partial charge is 0.488 e. The van der Waals surface area contributed by atoms with Crippen molar-refractivity contribution in [3.8, 4) is 11.8 Å². The third-order valence-corrected chi connectivity index (χ3v) is 5.25. The molecule has 3 aromatic rings. The van der Waals surface area contributed by atoms with E-state index < -0.39 is 5.91 Å². The maximum absolute atomic E-state index is 12.7. The molecule has 0 saturated heterocycles. The zero-order valence-corrected chi connectivity index (χ0v) is 18.9. The Kier molecular flexibility index (Phi) is 7.26. The number of carbonyl (C=O) groups excluding carboxylic acids is 1. The molecule has 0 bridgehead atoms. The van der Waals surface area contributed by atoms with Gasteiger partial charge in [-0.2, -0.15) is 5.26 Å². The van der Waals surface area contributed by atoms with Gasteiger partial charge in [-0.15, -0.1) is 0 Å². The normalized spacial score (nSPS) is 10.9. The van der Waals surface area contributed by atoms with Crippen molar-refractivity contribution in [1.82, 2.24) is 0 Å². The molecule has 0 aliphatic rings. The van der Waals surface area contributed by atoms with Crippen molar-refractivity contribution in [2.75, 3.05) is 5.32 Å². The van der Waals surface area contributed by atoms with E-state index in [1.54, 1.807) is 6.08 Å². The van der Waals surface area contributed by atoms with Crippen LogP contribution < -0.4 is 10.1 Å². The summed E-state index contributed by atoms with van der Waals surface area (Å²) in [6.07, 6.45) is 1.56. The smallest absolute Gasteiger partial charge is 0.266 e. The summed E-state index contributed by atoms with van der Waals surface area (Å²) in [6, 6.07) is 23.3. The molecule has 0 radical (unpaired) electrons. The predicted molar refractivity (Wildman–Crippen MR) is 128 cm³/mol. The highest BCUT2D eigenvalue weighted by molar-refractivity contribution is 14.1. The Bertz CT molecular complexity index is 1130. The van der Waals surface area contributed by atoms with Gasteiger partial charge in [-0.05, 0) is 83.5 Å². The Labute approximate surface area is 190 Å². The molecule has 30 heavy (non-hydrogen) atoms. The second-order valence-corrected chi connectivity index (χ2v) is 8.14.